The summed E-state index contributed by atoms with van der Waals surface area (Å²) in [6.07, 6.45) is 7.04. The fourth-order valence-electron chi connectivity index (χ4n) is 1.53. The summed E-state index contributed by atoms with van der Waals surface area (Å²) in [5.41, 5.74) is 0.966. The molecule has 0 atom stereocenters. The van der Waals surface area contributed by atoms with E-state index in [-0.39, 0.29) is 5.91 Å². The van der Waals surface area contributed by atoms with Crippen LogP contribution in [0.2, 0.25) is 5.02 Å². The number of allylic oxidation sites excluding steroid dienone is 3. The highest BCUT2D eigenvalue weighted by Crippen LogP contribution is 2.17. The SMILES string of the molecule is C/C=C/C=C/C(=O)N(CC)Cc1ccccc1Cl. The van der Waals surface area contributed by atoms with E-state index in [1.807, 2.05) is 50.3 Å². The first-order chi connectivity index (χ1) is 8.69. The predicted molar refractivity (Wildman–Crippen MR) is 76.5 cm³/mol. The molecule has 0 saturated heterocycles. The standard InChI is InChI=1S/C15H18ClNO/c1-3-5-6-11-15(18)17(4-2)12-13-9-7-8-10-14(13)16/h3,5-11H,4,12H2,1-2H3/b5-3+,11-6+. The van der Waals surface area contributed by atoms with Gasteiger partial charge in [-0.2, -0.15) is 0 Å². The van der Waals surface area contributed by atoms with Gasteiger partial charge in [0.25, 0.3) is 0 Å². The Kier molecular flexibility index (Phi) is 6.23. The lowest BCUT2D eigenvalue weighted by Crippen LogP contribution is -2.28. The van der Waals surface area contributed by atoms with Crippen LogP contribution in [0.25, 0.3) is 0 Å². The zero-order chi connectivity index (χ0) is 13.4. The quantitative estimate of drug-likeness (QED) is 0.584. The average Bonchev–Trinajstić information content (AvgIpc) is 2.38. The van der Waals surface area contributed by atoms with Gasteiger partial charge in [-0.1, -0.05) is 48.0 Å². The summed E-state index contributed by atoms with van der Waals surface area (Å²) >= 11 is 6.09. The summed E-state index contributed by atoms with van der Waals surface area (Å²) in [6, 6.07) is 7.59. The molecule has 2 nitrogen and oxygen atoms in total. The maximum Gasteiger partial charge on any atom is 0.246 e. The number of likely N-dealkylation sites (N-methyl/N-ethyl adjacent to an activating group) is 1. The zero-order valence-corrected chi connectivity index (χ0v) is 11.5. The lowest BCUT2D eigenvalue weighted by molar-refractivity contribution is -0.126. The Balaban J connectivity index is 2.73. The Bertz CT molecular complexity index is 452. The lowest BCUT2D eigenvalue weighted by Gasteiger charge is -2.19. The molecule has 0 unspecified atom stereocenters. The molecule has 0 aliphatic carbocycles. The predicted octanol–water partition coefficient (Wildman–Crippen LogP) is 3.82. The number of nitrogens with zero attached hydrogens (tertiary/aromatic N) is 1. The molecule has 0 aromatic heterocycles. The summed E-state index contributed by atoms with van der Waals surface area (Å²) in [6.45, 7) is 5.06. The number of rotatable bonds is 5. The Morgan fingerprint density at radius 3 is 2.67 bits per heavy atom. The van der Waals surface area contributed by atoms with Crippen LogP contribution in [0.4, 0.5) is 0 Å². The number of hydrogen-bond acceptors (Lipinski definition) is 1. The van der Waals surface area contributed by atoms with E-state index in [2.05, 4.69) is 0 Å². The van der Waals surface area contributed by atoms with E-state index in [0.717, 1.165) is 5.56 Å². The maximum absolute atomic E-state index is 11.9. The van der Waals surface area contributed by atoms with Gasteiger partial charge >= 0.3 is 0 Å². The van der Waals surface area contributed by atoms with Crippen LogP contribution in [0.15, 0.2) is 48.6 Å². The molecule has 0 heterocycles. The smallest absolute Gasteiger partial charge is 0.246 e. The summed E-state index contributed by atoms with van der Waals surface area (Å²) < 4.78 is 0. The molecule has 0 spiro atoms. The van der Waals surface area contributed by atoms with Crippen molar-refractivity contribution in [3.05, 3.63) is 59.2 Å². The van der Waals surface area contributed by atoms with Crippen molar-refractivity contribution in [2.75, 3.05) is 6.54 Å². The van der Waals surface area contributed by atoms with Crippen molar-refractivity contribution >= 4 is 17.5 Å². The minimum absolute atomic E-state index is 0.00415. The summed E-state index contributed by atoms with van der Waals surface area (Å²) in [5.74, 6) is -0.00415. The third-order valence-corrected chi connectivity index (χ3v) is 2.92. The summed E-state index contributed by atoms with van der Waals surface area (Å²) in [4.78, 5) is 13.7. The van der Waals surface area contributed by atoms with Crippen LogP contribution < -0.4 is 0 Å². The van der Waals surface area contributed by atoms with Gasteiger partial charge < -0.3 is 4.90 Å². The van der Waals surface area contributed by atoms with E-state index in [1.165, 1.54) is 0 Å². The molecule has 1 aromatic rings. The number of hydrogen-bond donors (Lipinski definition) is 0. The second-order valence-corrected chi connectivity index (χ2v) is 4.24. The molecule has 0 aliphatic rings. The third kappa shape index (κ3) is 4.38. The van der Waals surface area contributed by atoms with Gasteiger partial charge in [0.15, 0.2) is 0 Å². The van der Waals surface area contributed by atoms with Gasteiger partial charge in [-0.15, -0.1) is 0 Å². The number of benzene rings is 1. The van der Waals surface area contributed by atoms with Crippen LogP contribution in [-0.4, -0.2) is 17.4 Å². The molecule has 1 rings (SSSR count). The van der Waals surface area contributed by atoms with E-state index in [1.54, 1.807) is 17.1 Å². The van der Waals surface area contributed by atoms with Gasteiger partial charge in [-0.25, -0.2) is 0 Å². The van der Waals surface area contributed by atoms with Crippen molar-refractivity contribution in [1.29, 1.82) is 0 Å². The molecule has 0 saturated carbocycles. The Hall–Kier alpha value is -1.54. The van der Waals surface area contributed by atoms with Gasteiger partial charge in [0.1, 0.15) is 0 Å². The zero-order valence-electron chi connectivity index (χ0n) is 10.8. The van der Waals surface area contributed by atoms with Gasteiger partial charge in [-0.05, 0) is 25.5 Å². The van der Waals surface area contributed by atoms with E-state index in [0.29, 0.717) is 18.1 Å². The number of amides is 1. The molecule has 1 amide bonds. The normalized spacial score (nSPS) is 11.3. The molecule has 0 fully saturated rings. The van der Waals surface area contributed by atoms with Crippen LogP contribution in [0.5, 0.6) is 0 Å². The molecule has 0 aliphatic heterocycles. The fraction of sp³-hybridized carbons (Fsp3) is 0.267. The molecule has 96 valence electrons. The van der Waals surface area contributed by atoms with E-state index < -0.39 is 0 Å². The molecule has 0 N–H and O–H groups in total. The van der Waals surface area contributed by atoms with Crippen molar-refractivity contribution in [1.82, 2.24) is 4.90 Å². The first-order valence-electron chi connectivity index (χ1n) is 6.00. The second kappa shape index (κ2) is 7.72. The van der Waals surface area contributed by atoms with Crippen LogP contribution in [-0.2, 0) is 11.3 Å². The van der Waals surface area contributed by atoms with Crippen molar-refractivity contribution in [2.45, 2.75) is 20.4 Å². The minimum atomic E-state index is -0.00415. The largest absolute Gasteiger partial charge is 0.335 e. The van der Waals surface area contributed by atoms with E-state index >= 15 is 0 Å². The highest BCUT2D eigenvalue weighted by Gasteiger charge is 2.10. The van der Waals surface area contributed by atoms with Crippen molar-refractivity contribution in [3.63, 3.8) is 0 Å². The maximum atomic E-state index is 11.9. The number of carbonyl (C=O) groups is 1. The first kappa shape index (κ1) is 14.5. The van der Waals surface area contributed by atoms with Crippen molar-refractivity contribution in [3.8, 4) is 0 Å². The molecule has 18 heavy (non-hydrogen) atoms. The van der Waals surface area contributed by atoms with Crippen LogP contribution >= 0.6 is 11.6 Å². The molecule has 3 heteroatoms. The molecular formula is C15H18ClNO. The Labute approximate surface area is 114 Å². The monoisotopic (exact) mass is 263 g/mol. The highest BCUT2D eigenvalue weighted by molar-refractivity contribution is 6.31. The first-order valence-corrected chi connectivity index (χ1v) is 6.38. The molecule has 0 radical (unpaired) electrons. The van der Waals surface area contributed by atoms with Crippen LogP contribution in [0, 0.1) is 0 Å². The Morgan fingerprint density at radius 1 is 1.33 bits per heavy atom. The average molecular weight is 264 g/mol. The van der Waals surface area contributed by atoms with Crippen LogP contribution in [0.3, 0.4) is 0 Å². The summed E-state index contributed by atoms with van der Waals surface area (Å²) in [7, 11) is 0. The summed E-state index contributed by atoms with van der Waals surface area (Å²) in [5, 5.41) is 0.696. The van der Waals surface area contributed by atoms with Gasteiger partial charge in [0.2, 0.25) is 5.91 Å². The van der Waals surface area contributed by atoms with Gasteiger partial charge in [0.05, 0.1) is 0 Å². The third-order valence-electron chi connectivity index (χ3n) is 2.55. The highest BCUT2D eigenvalue weighted by atomic mass is 35.5. The number of carbonyl (C=O) groups excluding carboxylic acids is 1. The number of halogens is 1. The van der Waals surface area contributed by atoms with E-state index in [9.17, 15) is 4.79 Å². The molecule has 1 aromatic carbocycles. The fourth-order valence-corrected chi connectivity index (χ4v) is 1.73. The van der Waals surface area contributed by atoms with Crippen molar-refractivity contribution in [2.24, 2.45) is 0 Å². The lowest BCUT2D eigenvalue weighted by atomic mass is 10.2. The van der Waals surface area contributed by atoms with Crippen LogP contribution in [0.1, 0.15) is 19.4 Å². The van der Waals surface area contributed by atoms with Gasteiger partial charge in [0, 0.05) is 24.2 Å². The van der Waals surface area contributed by atoms with Crippen molar-refractivity contribution < 1.29 is 4.79 Å². The second-order valence-electron chi connectivity index (χ2n) is 3.83. The molecular weight excluding hydrogens is 246 g/mol. The topological polar surface area (TPSA) is 20.3 Å². The Morgan fingerprint density at radius 2 is 2.06 bits per heavy atom. The van der Waals surface area contributed by atoms with E-state index in [4.69, 9.17) is 11.6 Å². The minimum Gasteiger partial charge on any atom is -0.335 e. The molecule has 0 bridgehead atoms. The van der Waals surface area contributed by atoms with Gasteiger partial charge in [-0.3, -0.25) is 4.79 Å².